The van der Waals surface area contributed by atoms with Gasteiger partial charge in [-0.1, -0.05) is 12.1 Å². The van der Waals surface area contributed by atoms with Gasteiger partial charge in [-0.25, -0.2) is 0 Å². The predicted molar refractivity (Wildman–Crippen MR) is 70.6 cm³/mol. The van der Waals surface area contributed by atoms with E-state index in [1.54, 1.807) is 18.9 Å². The van der Waals surface area contributed by atoms with Crippen molar-refractivity contribution in [1.82, 2.24) is 10.2 Å². The fourth-order valence-electron chi connectivity index (χ4n) is 2.14. The molecular weight excluding hydrogens is 244 g/mol. The molecule has 1 unspecified atom stereocenters. The Morgan fingerprint density at radius 1 is 1.42 bits per heavy atom. The minimum atomic E-state index is -0.458. The number of amides is 2. The van der Waals surface area contributed by atoms with Crippen LogP contribution in [0.2, 0.25) is 0 Å². The highest BCUT2D eigenvalue weighted by molar-refractivity contribution is 5.89. The maximum Gasteiger partial charge on any atom is 0.245 e. The molecule has 0 aliphatic carbocycles. The van der Waals surface area contributed by atoms with Crippen LogP contribution in [0.15, 0.2) is 24.3 Å². The van der Waals surface area contributed by atoms with Crippen LogP contribution in [0.1, 0.15) is 18.9 Å². The molecule has 0 radical (unpaired) electrons. The molecule has 5 nitrogen and oxygen atoms in total. The first-order chi connectivity index (χ1) is 9.10. The summed E-state index contributed by atoms with van der Waals surface area (Å²) in [4.78, 5) is 25.3. The second-order valence-electron chi connectivity index (χ2n) is 4.65. The van der Waals surface area contributed by atoms with E-state index in [1.165, 1.54) is 0 Å². The highest BCUT2D eigenvalue weighted by Crippen LogP contribution is 2.15. The van der Waals surface area contributed by atoms with Gasteiger partial charge in [0.2, 0.25) is 11.8 Å². The Labute approximate surface area is 112 Å². The molecule has 102 valence electrons. The summed E-state index contributed by atoms with van der Waals surface area (Å²) in [5.74, 6) is 0.643. The topological polar surface area (TPSA) is 58.6 Å². The van der Waals surface area contributed by atoms with E-state index in [0.717, 1.165) is 11.3 Å². The molecule has 1 aromatic rings. The number of hydrogen-bond donors (Lipinski definition) is 1. The summed E-state index contributed by atoms with van der Waals surface area (Å²) >= 11 is 0. The molecule has 0 spiro atoms. The van der Waals surface area contributed by atoms with Crippen LogP contribution in [0.5, 0.6) is 5.75 Å². The molecule has 1 fully saturated rings. The Bertz CT molecular complexity index is 487. The molecule has 1 aromatic carbocycles. The van der Waals surface area contributed by atoms with Crippen molar-refractivity contribution in [2.75, 3.05) is 13.7 Å². The highest BCUT2D eigenvalue weighted by atomic mass is 16.5. The minimum Gasteiger partial charge on any atom is -0.497 e. The van der Waals surface area contributed by atoms with Gasteiger partial charge < -0.3 is 15.0 Å². The van der Waals surface area contributed by atoms with Gasteiger partial charge in [0.25, 0.3) is 0 Å². The van der Waals surface area contributed by atoms with Gasteiger partial charge >= 0.3 is 0 Å². The molecule has 2 rings (SSSR count). The zero-order chi connectivity index (χ0) is 13.8. The van der Waals surface area contributed by atoms with Crippen molar-refractivity contribution >= 4 is 11.8 Å². The van der Waals surface area contributed by atoms with E-state index in [-0.39, 0.29) is 11.8 Å². The van der Waals surface area contributed by atoms with Crippen molar-refractivity contribution in [3.05, 3.63) is 29.8 Å². The molecule has 2 amide bonds. The first kappa shape index (κ1) is 13.4. The molecule has 1 aliphatic heterocycles. The van der Waals surface area contributed by atoms with Crippen LogP contribution in [0, 0.1) is 0 Å². The van der Waals surface area contributed by atoms with Gasteiger partial charge in [0, 0.05) is 19.5 Å². The zero-order valence-corrected chi connectivity index (χ0v) is 11.2. The number of ether oxygens (including phenoxy) is 1. The maximum atomic E-state index is 12.1. The van der Waals surface area contributed by atoms with Gasteiger partial charge in [-0.15, -0.1) is 0 Å². The van der Waals surface area contributed by atoms with E-state index in [4.69, 9.17) is 4.74 Å². The monoisotopic (exact) mass is 262 g/mol. The highest BCUT2D eigenvalue weighted by Gasteiger charge is 2.26. The van der Waals surface area contributed by atoms with Gasteiger partial charge in [-0.2, -0.15) is 0 Å². The van der Waals surface area contributed by atoms with E-state index >= 15 is 0 Å². The number of benzene rings is 1. The standard InChI is InChI=1S/C14H18N2O3/c1-10-14(18)16(7-6-13(17)15-10)9-11-4-3-5-12(8-11)19-2/h3-5,8,10H,6-7,9H2,1-2H3,(H,15,17). The summed E-state index contributed by atoms with van der Waals surface area (Å²) in [6.45, 7) is 2.66. The summed E-state index contributed by atoms with van der Waals surface area (Å²) in [6.07, 6.45) is 0.347. The predicted octanol–water partition coefficient (Wildman–Crippen LogP) is 0.932. The Morgan fingerprint density at radius 2 is 2.21 bits per heavy atom. The number of carbonyl (C=O) groups is 2. The fraction of sp³-hybridized carbons (Fsp3) is 0.429. The number of methoxy groups -OCH3 is 1. The summed E-state index contributed by atoms with van der Waals surface area (Å²) < 4.78 is 5.16. The molecule has 5 heteroatoms. The normalized spacial score (nSPS) is 19.9. The number of rotatable bonds is 3. The number of nitrogens with one attached hydrogen (secondary N) is 1. The molecule has 1 atom stereocenters. The molecule has 19 heavy (non-hydrogen) atoms. The lowest BCUT2D eigenvalue weighted by molar-refractivity contribution is -0.133. The van der Waals surface area contributed by atoms with E-state index in [1.807, 2.05) is 24.3 Å². The lowest BCUT2D eigenvalue weighted by Gasteiger charge is -2.22. The van der Waals surface area contributed by atoms with Crippen LogP contribution in [0.25, 0.3) is 0 Å². The molecule has 1 N–H and O–H groups in total. The second-order valence-corrected chi connectivity index (χ2v) is 4.65. The van der Waals surface area contributed by atoms with E-state index in [2.05, 4.69) is 5.32 Å². The van der Waals surface area contributed by atoms with Crippen molar-refractivity contribution in [3.8, 4) is 5.75 Å². The molecular formula is C14H18N2O3. The second kappa shape index (κ2) is 5.73. The van der Waals surface area contributed by atoms with Gasteiger partial charge in [0.05, 0.1) is 7.11 Å². The minimum absolute atomic E-state index is 0.0475. The Morgan fingerprint density at radius 3 is 2.95 bits per heavy atom. The molecule has 1 heterocycles. The van der Waals surface area contributed by atoms with Crippen LogP contribution >= 0.6 is 0 Å². The molecule has 1 aliphatic rings. The summed E-state index contributed by atoms with van der Waals surface area (Å²) in [6, 6.07) is 7.14. The summed E-state index contributed by atoms with van der Waals surface area (Å²) in [5, 5.41) is 2.67. The zero-order valence-electron chi connectivity index (χ0n) is 11.2. The third-order valence-corrected chi connectivity index (χ3v) is 3.18. The summed E-state index contributed by atoms with van der Waals surface area (Å²) in [5.41, 5.74) is 0.995. The lowest BCUT2D eigenvalue weighted by Crippen LogP contribution is -2.42. The smallest absolute Gasteiger partial charge is 0.245 e. The van der Waals surface area contributed by atoms with Gasteiger partial charge in [-0.05, 0) is 24.6 Å². The third-order valence-electron chi connectivity index (χ3n) is 3.18. The van der Waals surface area contributed by atoms with Crippen molar-refractivity contribution in [2.24, 2.45) is 0 Å². The van der Waals surface area contributed by atoms with E-state index < -0.39 is 6.04 Å². The van der Waals surface area contributed by atoms with Crippen LogP contribution in [0.3, 0.4) is 0 Å². The van der Waals surface area contributed by atoms with Gasteiger partial charge in [0.15, 0.2) is 0 Å². The maximum absolute atomic E-state index is 12.1. The van der Waals surface area contributed by atoms with Crippen molar-refractivity contribution in [2.45, 2.75) is 25.9 Å². The summed E-state index contributed by atoms with van der Waals surface area (Å²) in [7, 11) is 1.61. The first-order valence-electron chi connectivity index (χ1n) is 6.31. The first-order valence-corrected chi connectivity index (χ1v) is 6.31. The Kier molecular flexibility index (Phi) is 4.04. The van der Waals surface area contributed by atoms with Crippen molar-refractivity contribution in [3.63, 3.8) is 0 Å². The van der Waals surface area contributed by atoms with E-state index in [9.17, 15) is 9.59 Å². The fourth-order valence-corrected chi connectivity index (χ4v) is 2.14. The molecule has 1 saturated heterocycles. The Balaban J connectivity index is 2.12. The van der Waals surface area contributed by atoms with Crippen LogP contribution < -0.4 is 10.1 Å². The van der Waals surface area contributed by atoms with Crippen LogP contribution in [-0.4, -0.2) is 36.4 Å². The Hall–Kier alpha value is -2.04. The van der Waals surface area contributed by atoms with E-state index in [0.29, 0.717) is 19.5 Å². The number of nitrogens with zero attached hydrogens (tertiary/aromatic N) is 1. The average Bonchev–Trinajstić information content (AvgIpc) is 2.52. The van der Waals surface area contributed by atoms with Gasteiger partial charge in [0.1, 0.15) is 11.8 Å². The van der Waals surface area contributed by atoms with Gasteiger partial charge in [-0.3, -0.25) is 9.59 Å². The average molecular weight is 262 g/mol. The molecule has 0 bridgehead atoms. The largest absolute Gasteiger partial charge is 0.497 e. The van der Waals surface area contributed by atoms with Crippen molar-refractivity contribution in [1.29, 1.82) is 0 Å². The number of carbonyl (C=O) groups excluding carboxylic acids is 2. The quantitative estimate of drug-likeness (QED) is 0.881. The van der Waals surface area contributed by atoms with Crippen LogP contribution in [0.4, 0.5) is 0 Å². The molecule has 0 aromatic heterocycles. The third kappa shape index (κ3) is 3.24. The number of hydrogen-bond acceptors (Lipinski definition) is 3. The molecule has 0 saturated carbocycles. The SMILES string of the molecule is COc1cccc(CN2CCC(=O)NC(C)C2=O)c1. The van der Waals surface area contributed by atoms with Crippen LogP contribution in [-0.2, 0) is 16.1 Å². The lowest BCUT2D eigenvalue weighted by atomic mass is 10.2. The van der Waals surface area contributed by atoms with Crippen molar-refractivity contribution < 1.29 is 14.3 Å².